The van der Waals surface area contributed by atoms with Gasteiger partial charge in [-0.1, -0.05) is 18.2 Å². The number of nitrogens with zero attached hydrogens (tertiary/aromatic N) is 3. The van der Waals surface area contributed by atoms with E-state index in [2.05, 4.69) is 15.2 Å². The molecule has 30 heavy (non-hydrogen) atoms. The molecule has 2 aromatic carbocycles. The second-order valence-electron chi connectivity index (χ2n) is 6.45. The Balaban J connectivity index is 1.81. The van der Waals surface area contributed by atoms with E-state index in [0.29, 0.717) is 28.2 Å². The first kappa shape index (κ1) is 20.9. The standard InChI is InChI=1S/C20H18F2N4O4/c1-12-18(26(28)29)13(2)25(24-12)11-14-5-3-4-6-17(14)19(27)23-15-7-9-16(10-8-15)30-20(21)22/h3-10,20H,11H2,1-2H3,(H,23,27). The number of carbonyl (C=O) groups excluding carboxylic acids is 1. The number of ether oxygens (including phenoxy) is 1. The SMILES string of the molecule is Cc1nn(Cc2ccccc2C(=O)Nc2ccc(OC(F)F)cc2)c(C)c1[N+](=O)[O-]. The number of aromatic nitrogens is 2. The maximum absolute atomic E-state index is 12.8. The highest BCUT2D eigenvalue weighted by Gasteiger charge is 2.22. The van der Waals surface area contributed by atoms with E-state index in [0.717, 1.165) is 0 Å². The van der Waals surface area contributed by atoms with E-state index >= 15 is 0 Å². The molecule has 1 N–H and O–H groups in total. The van der Waals surface area contributed by atoms with Crippen molar-refractivity contribution in [3.05, 3.63) is 81.2 Å². The Bertz CT molecular complexity index is 1080. The van der Waals surface area contributed by atoms with Crippen LogP contribution in [0.5, 0.6) is 5.75 Å². The van der Waals surface area contributed by atoms with Crippen LogP contribution in [0.15, 0.2) is 48.5 Å². The molecular weight excluding hydrogens is 398 g/mol. The van der Waals surface area contributed by atoms with Crippen molar-refractivity contribution in [3.8, 4) is 5.75 Å². The molecule has 0 spiro atoms. The van der Waals surface area contributed by atoms with Crippen molar-refractivity contribution < 1.29 is 23.2 Å². The summed E-state index contributed by atoms with van der Waals surface area (Å²) in [5.74, 6) is -0.432. The fraction of sp³-hybridized carbons (Fsp3) is 0.200. The van der Waals surface area contributed by atoms with Crippen LogP contribution in [-0.4, -0.2) is 27.2 Å². The van der Waals surface area contributed by atoms with Crippen molar-refractivity contribution in [1.82, 2.24) is 9.78 Å². The van der Waals surface area contributed by atoms with Crippen LogP contribution in [0.1, 0.15) is 27.3 Å². The molecule has 156 valence electrons. The van der Waals surface area contributed by atoms with E-state index < -0.39 is 17.4 Å². The van der Waals surface area contributed by atoms with Gasteiger partial charge in [-0.15, -0.1) is 0 Å². The minimum absolute atomic E-state index is 0.0190. The summed E-state index contributed by atoms with van der Waals surface area (Å²) in [6.45, 7) is 0.402. The van der Waals surface area contributed by atoms with Crippen molar-refractivity contribution in [2.24, 2.45) is 0 Å². The third-order valence-electron chi connectivity index (χ3n) is 4.45. The Labute approximate surface area is 170 Å². The number of nitro groups is 1. The molecule has 1 amide bonds. The van der Waals surface area contributed by atoms with Crippen LogP contribution in [0.4, 0.5) is 20.2 Å². The summed E-state index contributed by atoms with van der Waals surface area (Å²) in [7, 11) is 0. The summed E-state index contributed by atoms with van der Waals surface area (Å²) in [5, 5.41) is 18.1. The third-order valence-corrected chi connectivity index (χ3v) is 4.45. The van der Waals surface area contributed by atoms with E-state index in [1.807, 2.05) is 0 Å². The van der Waals surface area contributed by atoms with E-state index in [-0.39, 0.29) is 18.0 Å². The minimum Gasteiger partial charge on any atom is -0.435 e. The summed E-state index contributed by atoms with van der Waals surface area (Å²) >= 11 is 0. The molecule has 0 aliphatic heterocycles. The number of rotatable bonds is 7. The lowest BCUT2D eigenvalue weighted by molar-refractivity contribution is -0.386. The van der Waals surface area contributed by atoms with Crippen LogP contribution >= 0.6 is 0 Å². The first-order valence-corrected chi connectivity index (χ1v) is 8.88. The summed E-state index contributed by atoms with van der Waals surface area (Å²) in [6.07, 6.45) is 0. The molecule has 0 radical (unpaired) electrons. The quantitative estimate of drug-likeness (QED) is 0.457. The monoisotopic (exact) mass is 416 g/mol. The van der Waals surface area contributed by atoms with E-state index in [1.54, 1.807) is 38.1 Å². The predicted molar refractivity (Wildman–Crippen MR) is 105 cm³/mol. The molecule has 0 saturated carbocycles. The molecule has 0 atom stereocenters. The Morgan fingerprint density at radius 3 is 2.47 bits per heavy atom. The second kappa shape index (κ2) is 8.68. The fourth-order valence-corrected chi connectivity index (χ4v) is 3.06. The average Bonchev–Trinajstić information content (AvgIpc) is 2.96. The molecule has 1 aromatic heterocycles. The maximum atomic E-state index is 12.8. The van der Waals surface area contributed by atoms with Gasteiger partial charge in [0.2, 0.25) is 0 Å². The van der Waals surface area contributed by atoms with Gasteiger partial charge >= 0.3 is 12.3 Å². The Morgan fingerprint density at radius 2 is 1.87 bits per heavy atom. The Morgan fingerprint density at radius 1 is 1.20 bits per heavy atom. The molecule has 0 aliphatic carbocycles. The van der Waals surface area contributed by atoms with Gasteiger partial charge in [0, 0.05) is 11.3 Å². The van der Waals surface area contributed by atoms with E-state index in [4.69, 9.17) is 0 Å². The summed E-state index contributed by atoms with van der Waals surface area (Å²) in [4.78, 5) is 23.5. The molecule has 1 heterocycles. The van der Waals surface area contributed by atoms with Gasteiger partial charge in [-0.25, -0.2) is 0 Å². The molecule has 3 rings (SSSR count). The van der Waals surface area contributed by atoms with Crippen molar-refractivity contribution in [2.75, 3.05) is 5.32 Å². The number of amides is 1. The molecule has 0 bridgehead atoms. The van der Waals surface area contributed by atoms with Gasteiger partial charge in [0.15, 0.2) is 0 Å². The number of alkyl halides is 2. The predicted octanol–water partition coefficient (Wildman–Crippen LogP) is 4.31. The van der Waals surface area contributed by atoms with Gasteiger partial charge in [0.25, 0.3) is 5.91 Å². The zero-order valence-corrected chi connectivity index (χ0v) is 16.1. The average molecular weight is 416 g/mol. The van der Waals surface area contributed by atoms with Crippen LogP contribution in [-0.2, 0) is 6.54 Å². The highest BCUT2D eigenvalue weighted by molar-refractivity contribution is 6.05. The molecule has 0 aliphatic rings. The number of hydrogen-bond donors (Lipinski definition) is 1. The smallest absolute Gasteiger partial charge is 0.387 e. The highest BCUT2D eigenvalue weighted by Crippen LogP contribution is 2.24. The normalized spacial score (nSPS) is 10.8. The van der Waals surface area contributed by atoms with Gasteiger partial charge in [-0.05, 0) is 49.7 Å². The van der Waals surface area contributed by atoms with Crippen LogP contribution in [0, 0.1) is 24.0 Å². The summed E-state index contributed by atoms with van der Waals surface area (Å²) in [5.41, 5.74) is 2.02. The van der Waals surface area contributed by atoms with Crippen LogP contribution in [0.2, 0.25) is 0 Å². The Hall–Kier alpha value is -3.82. The summed E-state index contributed by atoms with van der Waals surface area (Å²) < 4.78 is 30.2. The molecule has 10 heteroatoms. The molecule has 8 nitrogen and oxygen atoms in total. The maximum Gasteiger partial charge on any atom is 0.387 e. The van der Waals surface area contributed by atoms with E-state index in [1.165, 1.54) is 28.9 Å². The fourth-order valence-electron chi connectivity index (χ4n) is 3.06. The van der Waals surface area contributed by atoms with Gasteiger partial charge in [0.1, 0.15) is 17.1 Å². The largest absolute Gasteiger partial charge is 0.435 e. The van der Waals surface area contributed by atoms with Crippen LogP contribution in [0.3, 0.4) is 0 Å². The number of benzene rings is 2. The zero-order valence-electron chi connectivity index (χ0n) is 16.1. The van der Waals surface area contributed by atoms with Crippen molar-refractivity contribution in [1.29, 1.82) is 0 Å². The van der Waals surface area contributed by atoms with E-state index in [9.17, 15) is 23.7 Å². The number of anilines is 1. The van der Waals surface area contributed by atoms with Crippen molar-refractivity contribution >= 4 is 17.3 Å². The minimum atomic E-state index is -2.93. The topological polar surface area (TPSA) is 99.3 Å². The zero-order chi connectivity index (χ0) is 21.8. The van der Waals surface area contributed by atoms with Gasteiger partial charge in [-0.2, -0.15) is 13.9 Å². The Kier molecular flexibility index (Phi) is 6.05. The van der Waals surface area contributed by atoms with Crippen molar-refractivity contribution in [2.45, 2.75) is 27.0 Å². The summed E-state index contributed by atoms with van der Waals surface area (Å²) in [6, 6.07) is 12.3. The van der Waals surface area contributed by atoms with Crippen LogP contribution in [0.25, 0.3) is 0 Å². The lowest BCUT2D eigenvalue weighted by Gasteiger charge is -2.12. The second-order valence-corrected chi connectivity index (χ2v) is 6.45. The number of nitrogens with one attached hydrogen (secondary N) is 1. The van der Waals surface area contributed by atoms with Gasteiger partial charge < -0.3 is 10.1 Å². The molecular formula is C20H18F2N4O4. The number of halogens is 2. The lowest BCUT2D eigenvalue weighted by Crippen LogP contribution is -2.16. The first-order chi connectivity index (χ1) is 14.3. The number of hydrogen-bond acceptors (Lipinski definition) is 5. The number of aryl methyl sites for hydroxylation is 1. The third kappa shape index (κ3) is 4.59. The van der Waals surface area contributed by atoms with Crippen LogP contribution < -0.4 is 10.1 Å². The molecule has 3 aromatic rings. The molecule has 0 saturated heterocycles. The van der Waals surface area contributed by atoms with Crippen molar-refractivity contribution in [3.63, 3.8) is 0 Å². The number of carbonyl (C=O) groups is 1. The molecule has 0 unspecified atom stereocenters. The van der Waals surface area contributed by atoms with Gasteiger partial charge in [0.05, 0.1) is 11.5 Å². The lowest BCUT2D eigenvalue weighted by atomic mass is 10.1. The molecule has 0 fully saturated rings. The van der Waals surface area contributed by atoms with Gasteiger partial charge in [-0.3, -0.25) is 19.6 Å². The first-order valence-electron chi connectivity index (χ1n) is 8.88. The highest BCUT2D eigenvalue weighted by atomic mass is 19.3.